The second kappa shape index (κ2) is 8.19. The predicted octanol–water partition coefficient (Wildman–Crippen LogP) is 4.26. The van der Waals surface area contributed by atoms with Crippen molar-refractivity contribution >= 4 is 35.0 Å². The van der Waals surface area contributed by atoms with E-state index in [2.05, 4.69) is 20.8 Å². The Kier molecular flexibility index (Phi) is 5.96. The lowest BCUT2D eigenvalue weighted by Gasteiger charge is -2.22. The summed E-state index contributed by atoms with van der Waals surface area (Å²) >= 11 is 7.50. The monoisotopic (exact) mass is 379 g/mol. The third-order valence-electron chi connectivity index (χ3n) is 4.56. The maximum atomic E-state index is 12.5. The molecule has 8 heteroatoms. The fourth-order valence-corrected chi connectivity index (χ4v) is 4.04. The molecule has 134 valence electrons. The first-order valence-corrected chi connectivity index (χ1v) is 9.82. The van der Waals surface area contributed by atoms with Crippen molar-refractivity contribution in [2.75, 3.05) is 5.32 Å². The molecule has 1 N–H and O–H groups in total. The molecule has 1 fully saturated rings. The molecule has 25 heavy (non-hydrogen) atoms. The van der Waals surface area contributed by atoms with Gasteiger partial charge in [0.15, 0.2) is 0 Å². The molecule has 1 atom stereocenters. The third kappa shape index (κ3) is 4.33. The van der Waals surface area contributed by atoms with Gasteiger partial charge in [-0.05, 0) is 54.8 Å². The van der Waals surface area contributed by atoms with Gasteiger partial charge in [0, 0.05) is 10.7 Å². The van der Waals surface area contributed by atoms with Crippen LogP contribution in [0.1, 0.15) is 50.6 Å². The van der Waals surface area contributed by atoms with E-state index in [1.165, 1.54) is 31.0 Å². The number of tetrazole rings is 1. The first-order chi connectivity index (χ1) is 12.1. The molecule has 1 saturated carbocycles. The molecule has 1 aromatic heterocycles. The molecule has 1 amide bonds. The Hall–Kier alpha value is -1.60. The van der Waals surface area contributed by atoms with E-state index in [9.17, 15) is 4.79 Å². The molecule has 3 rings (SSSR count). The van der Waals surface area contributed by atoms with Crippen LogP contribution in [0.25, 0.3) is 0 Å². The highest BCUT2D eigenvalue weighted by atomic mass is 35.5. The van der Waals surface area contributed by atoms with Gasteiger partial charge < -0.3 is 5.32 Å². The van der Waals surface area contributed by atoms with E-state index in [-0.39, 0.29) is 11.2 Å². The summed E-state index contributed by atoms with van der Waals surface area (Å²) in [6.07, 6.45) is 5.89. The van der Waals surface area contributed by atoms with Gasteiger partial charge in [-0.15, -0.1) is 5.10 Å². The normalized spacial score (nSPS) is 16.6. The SMILES string of the molecule is Cc1c(Cl)cccc1NC(=O)C(C)Sc1nnnn1C1CCCCC1. The van der Waals surface area contributed by atoms with Gasteiger partial charge in [-0.3, -0.25) is 4.79 Å². The van der Waals surface area contributed by atoms with E-state index in [1.807, 2.05) is 36.7 Å². The van der Waals surface area contributed by atoms with E-state index < -0.39 is 0 Å². The molecule has 0 bridgehead atoms. The predicted molar refractivity (Wildman–Crippen MR) is 100 cm³/mol. The van der Waals surface area contributed by atoms with Crippen LogP contribution in [-0.2, 0) is 4.79 Å². The topological polar surface area (TPSA) is 72.7 Å². The molecular weight excluding hydrogens is 358 g/mol. The molecule has 6 nitrogen and oxygen atoms in total. The van der Waals surface area contributed by atoms with Gasteiger partial charge in [-0.2, -0.15) is 0 Å². The molecule has 0 spiro atoms. The number of anilines is 1. The van der Waals surface area contributed by atoms with Crippen molar-refractivity contribution in [1.82, 2.24) is 20.2 Å². The van der Waals surface area contributed by atoms with Gasteiger partial charge in [-0.25, -0.2) is 4.68 Å². The summed E-state index contributed by atoms with van der Waals surface area (Å²) in [7, 11) is 0. The van der Waals surface area contributed by atoms with Crippen molar-refractivity contribution in [3.05, 3.63) is 28.8 Å². The highest BCUT2D eigenvalue weighted by Crippen LogP contribution is 2.32. The zero-order chi connectivity index (χ0) is 17.8. The van der Waals surface area contributed by atoms with Crippen LogP contribution in [-0.4, -0.2) is 31.4 Å². The maximum Gasteiger partial charge on any atom is 0.237 e. The molecule has 0 radical (unpaired) electrons. The Bertz CT molecular complexity index is 744. The summed E-state index contributed by atoms with van der Waals surface area (Å²) in [6, 6.07) is 5.83. The van der Waals surface area contributed by atoms with Crippen LogP contribution in [0.4, 0.5) is 5.69 Å². The second-order valence-electron chi connectivity index (χ2n) is 6.36. The smallest absolute Gasteiger partial charge is 0.237 e. The van der Waals surface area contributed by atoms with Crippen molar-refractivity contribution in [3.8, 4) is 0 Å². The summed E-state index contributed by atoms with van der Waals surface area (Å²) in [5.41, 5.74) is 1.60. The summed E-state index contributed by atoms with van der Waals surface area (Å²) < 4.78 is 1.89. The van der Waals surface area contributed by atoms with Crippen LogP contribution in [0.15, 0.2) is 23.4 Å². The summed E-state index contributed by atoms with van der Waals surface area (Å²) in [5.74, 6) is -0.0893. The molecule has 1 aliphatic carbocycles. The van der Waals surface area contributed by atoms with Crippen LogP contribution in [0.2, 0.25) is 5.02 Å². The summed E-state index contributed by atoms with van der Waals surface area (Å²) in [5, 5.41) is 16.0. The zero-order valence-electron chi connectivity index (χ0n) is 14.4. The first-order valence-electron chi connectivity index (χ1n) is 8.56. The number of hydrogen-bond acceptors (Lipinski definition) is 5. The molecule has 0 saturated heterocycles. The minimum absolute atomic E-state index is 0.0893. The van der Waals surface area contributed by atoms with E-state index >= 15 is 0 Å². The van der Waals surface area contributed by atoms with Gasteiger partial charge in [0.05, 0.1) is 11.3 Å². The van der Waals surface area contributed by atoms with E-state index in [0.29, 0.717) is 16.2 Å². The van der Waals surface area contributed by atoms with Gasteiger partial charge in [0.25, 0.3) is 0 Å². The van der Waals surface area contributed by atoms with E-state index in [0.717, 1.165) is 24.1 Å². The summed E-state index contributed by atoms with van der Waals surface area (Å²) in [6.45, 7) is 3.75. The van der Waals surface area contributed by atoms with Crippen LogP contribution < -0.4 is 5.32 Å². The Morgan fingerprint density at radius 2 is 2.12 bits per heavy atom. The van der Waals surface area contributed by atoms with Crippen LogP contribution >= 0.6 is 23.4 Å². The Morgan fingerprint density at radius 1 is 1.36 bits per heavy atom. The number of rotatable bonds is 5. The minimum atomic E-state index is -0.313. The maximum absolute atomic E-state index is 12.5. The number of benzene rings is 1. The molecule has 1 heterocycles. The molecule has 1 aromatic carbocycles. The largest absolute Gasteiger partial charge is 0.325 e. The average molecular weight is 380 g/mol. The summed E-state index contributed by atoms with van der Waals surface area (Å²) in [4.78, 5) is 12.5. The zero-order valence-corrected chi connectivity index (χ0v) is 16.0. The van der Waals surface area contributed by atoms with Crippen molar-refractivity contribution in [2.24, 2.45) is 0 Å². The Labute approximate surface area is 156 Å². The van der Waals surface area contributed by atoms with Crippen LogP contribution in [0, 0.1) is 6.92 Å². The van der Waals surface area contributed by atoms with E-state index in [1.54, 1.807) is 0 Å². The molecule has 1 aliphatic rings. The fourth-order valence-electron chi connectivity index (χ4n) is 3.01. The lowest BCUT2D eigenvalue weighted by molar-refractivity contribution is -0.115. The number of nitrogens with one attached hydrogen (secondary N) is 1. The molecular formula is C17H22ClN5OS. The number of nitrogens with zero attached hydrogens (tertiary/aromatic N) is 4. The van der Waals surface area contributed by atoms with Gasteiger partial charge >= 0.3 is 0 Å². The lowest BCUT2D eigenvalue weighted by atomic mass is 9.96. The number of carbonyl (C=O) groups is 1. The Balaban J connectivity index is 1.66. The number of amides is 1. The first kappa shape index (κ1) is 18.2. The number of hydrogen-bond donors (Lipinski definition) is 1. The molecule has 0 aliphatic heterocycles. The van der Waals surface area contributed by atoms with E-state index in [4.69, 9.17) is 11.6 Å². The average Bonchev–Trinajstić information content (AvgIpc) is 3.07. The number of thioether (sulfide) groups is 1. The lowest BCUT2D eigenvalue weighted by Crippen LogP contribution is -2.24. The minimum Gasteiger partial charge on any atom is -0.325 e. The highest BCUT2D eigenvalue weighted by molar-refractivity contribution is 8.00. The van der Waals surface area contributed by atoms with Gasteiger partial charge in [-0.1, -0.05) is 48.7 Å². The van der Waals surface area contributed by atoms with Crippen molar-refractivity contribution in [2.45, 2.75) is 62.4 Å². The molecule has 1 unspecified atom stereocenters. The van der Waals surface area contributed by atoms with Gasteiger partial charge in [0.1, 0.15) is 0 Å². The highest BCUT2D eigenvalue weighted by Gasteiger charge is 2.24. The second-order valence-corrected chi connectivity index (χ2v) is 8.07. The molecule has 2 aromatic rings. The number of carbonyl (C=O) groups excluding carboxylic acids is 1. The standard InChI is InChI=1S/C17H22ClN5OS/c1-11-14(18)9-6-10-15(11)19-16(24)12(2)25-17-20-21-22-23(17)13-7-4-3-5-8-13/h6,9-10,12-13H,3-5,7-8H2,1-2H3,(H,19,24). The third-order valence-corrected chi connectivity index (χ3v) is 6.02. The number of halogens is 1. The fraction of sp³-hybridized carbons (Fsp3) is 0.529. The Morgan fingerprint density at radius 3 is 2.88 bits per heavy atom. The number of aromatic nitrogens is 4. The van der Waals surface area contributed by atoms with Crippen LogP contribution in [0.5, 0.6) is 0 Å². The van der Waals surface area contributed by atoms with Crippen molar-refractivity contribution < 1.29 is 4.79 Å². The van der Waals surface area contributed by atoms with Crippen LogP contribution in [0.3, 0.4) is 0 Å². The quantitative estimate of drug-likeness (QED) is 0.786. The van der Waals surface area contributed by atoms with Crippen molar-refractivity contribution in [1.29, 1.82) is 0 Å². The van der Waals surface area contributed by atoms with Gasteiger partial charge in [0.2, 0.25) is 11.1 Å². The van der Waals surface area contributed by atoms with Crippen molar-refractivity contribution in [3.63, 3.8) is 0 Å².